The van der Waals surface area contributed by atoms with Gasteiger partial charge >= 0.3 is 0 Å². The molecule has 1 atom stereocenters. The van der Waals surface area contributed by atoms with E-state index in [1.807, 2.05) is 23.6 Å². The van der Waals surface area contributed by atoms with Gasteiger partial charge in [0, 0.05) is 16.9 Å². The molecular weight excluding hydrogens is 334 g/mol. The van der Waals surface area contributed by atoms with Gasteiger partial charge in [-0.15, -0.1) is 11.3 Å². The molecule has 1 fully saturated rings. The van der Waals surface area contributed by atoms with Crippen molar-refractivity contribution >= 4 is 34.8 Å². The molecule has 1 aromatic carbocycles. The summed E-state index contributed by atoms with van der Waals surface area (Å²) in [4.78, 5) is 32.4. The van der Waals surface area contributed by atoms with Crippen LogP contribution in [0.3, 0.4) is 0 Å². The second kappa shape index (κ2) is 6.68. The molecule has 2 heterocycles. The fourth-order valence-corrected chi connectivity index (χ4v) is 3.37. The van der Waals surface area contributed by atoms with Gasteiger partial charge in [0.1, 0.15) is 12.6 Å². The molecule has 23 heavy (non-hydrogen) atoms. The number of halogens is 1. The molecule has 0 bridgehead atoms. The first-order valence-electron chi connectivity index (χ1n) is 7.25. The zero-order valence-corrected chi connectivity index (χ0v) is 14.2. The predicted octanol–water partition coefficient (Wildman–Crippen LogP) is 2.56. The Morgan fingerprint density at radius 1 is 1.30 bits per heavy atom. The minimum atomic E-state index is -0.500. The molecule has 5 nitrogen and oxygen atoms in total. The molecular formula is C16H16ClN3O2S. The first-order valence-corrected chi connectivity index (χ1v) is 8.57. The lowest BCUT2D eigenvalue weighted by atomic mass is 10.1. The molecule has 0 aliphatic carbocycles. The van der Waals surface area contributed by atoms with E-state index in [1.54, 1.807) is 28.3 Å². The Bertz CT molecular complexity index is 720. The van der Waals surface area contributed by atoms with Crippen molar-refractivity contribution in [3.63, 3.8) is 0 Å². The highest BCUT2D eigenvalue weighted by molar-refractivity contribution is 7.07. The summed E-state index contributed by atoms with van der Waals surface area (Å²) in [6.07, 6.45) is 0. The molecule has 0 radical (unpaired) electrons. The Morgan fingerprint density at radius 3 is 2.78 bits per heavy atom. The molecule has 2 amide bonds. The molecule has 1 aliphatic heterocycles. The topological polar surface area (TPSA) is 53.5 Å². The van der Waals surface area contributed by atoms with E-state index in [9.17, 15) is 9.59 Å². The van der Waals surface area contributed by atoms with Crippen LogP contribution in [0, 0.1) is 0 Å². The summed E-state index contributed by atoms with van der Waals surface area (Å²) >= 11 is 7.62. The van der Waals surface area contributed by atoms with Crippen LogP contribution in [-0.2, 0) is 22.7 Å². The van der Waals surface area contributed by atoms with Crippen LogP contribution < -0.4 is 0 Å². The van der Waals surface area contributed by atoms with Crippen LogP contribution >= 0.6 is 22.9 Å². The van der Waals surface area contributed by atoms with Gasteiger partial charge in [-0.05, 0) is 18.6 Å². The maximum Gasteiger partial charge on any atom is 0.245 e. The van der Waals surface area contributed by atoms with Crippen molar-refractivity contribution in [2.24, 2.45) is 0 Å². The van der Waals surface area contributed by atoms with Crippen molar-refractivity contribution in [2.45, 2.75) is 26.1 Å². The van der Waals surface area contributed by atoms with Gasteiger partial charge in [0.2, 0.25) is 11.8 Å². The molecule has 1 aromatic heterocycles. The van der Waals surface area contributed by atoms with E-state index in [0.29, 0.717) is 18.1 Å². The summed E-state index contributed by atoms with van der Waals surface area (Å²) in [5.74, 6) is -0.142. The summed E-state index contributed by atoms with van der Waals surface area (Å²) in [6, 6.07) is 6.86. The van der Waals surface area contributed by atoms with Crippen LogP contribution in [0.2, 0.25) is 5.02 Å². The first kappa shape index (κ1) is 16.0. The van der Waals surface area contributed by atoms with Gasteiger partial charge in [0.05, 0.1) is 17.7 Å². The largest absolute Gasteiger partial charge is 0.327 e. The van der Waals surface area contributed by atoms with E-state index in [4.69, 9.17) is 11.6 Å². The molecule has 0 unspecified atom stereocenters. The summed E-state index contributed by atoms with van der Waals surface area (Å²) in [7, 11) is 0. The lowest BCUT2D eigenvalue weighted by Crippen LogP contribution is -2.58. The number of hydrogen-bond donors (Lipinski definition) is 0. The van der Waals surface area contributed by atoms with E-state index < -0.39 is 6.04 Å². The van der Waals surface area contributed by atoms with Crippen LogP contribution in [0.15, 0.2) is 35.2 Å². The summed E-state index contributed by atoms with van der Waals surface area (Å²) < 4.78 is 0. The zero-order valence-electron chi connectivity index (χ0n) is 12.6. The minimum absolute atomic E-state index is 0.0680. The van der Waals surface area contributed by atoms with Gasteiger partial charge in [0.15, 0.2) is 0 Å². The van der Waals surface area contributed by atoms with E-state index >= 15 is 0 Å². The van der Waals surface area contributed by atoms with Crippen LogP contribution in [-0.4, -0.2) is 39.2 Å². The van der Waals surface area contributed by atoms with E-state index in [1.165, 1.54) is 11.3 Å². The van der Waals surface area contributed by atoms with Crippen LogP contribution in [0.1, 0.15) is 18.2 Å². The van der Waals surface area contributed by atoms with Crippen LogP contribution in [0.5, 0.6) is 0 Å². The Balaban J connectivity index is 1.73. The minimum Gasteiger partial charge on any atom is -0.327 e. The SMILES string of the molecule is C[C@H]1C(=O)N(Cc2ccccc2Cl)CC(=O)N1Cc1cscn1. The number of aromatic nitrogens is 1. The highest BCUT2D eigenvalue weighted by Crippen LogP contribution is 2.21. The molecule has 7 heteroatoms. The molecule has 0 saturated carbocycles. The number of piperazine rings is 1. The van der Waals surface area contributed by atoms with Gasteiger partial charge in [-0.1, -0.05) is 29.8 Å². The number of carbonyl (C=O) groups is 2. The number of hydrogen-bond acceptors (Lipinski definition) is 4. The molecule has 0 N–H and O–H groups in total. The standard InChI is InChI=1S/C16H16ClN3O2S/c1-11-16(22)19(6-12-4-2-3-5-14(12)17)8-15(21)20(11)7-13-9-23-10-18-13/h2-5,9-11H,6-8H2,1H3/t11-/m0/s1. The number of carbonyl (C=O) groups excluding carboxylic acids is 2. The Labute approximate surface area is 143 Å². The highest BCUT2D eigenvalue weighted by atomic mass is 35.5. The maximum absolute atomic E-state index is 12.6. The average molecular weight is 350 g/mol. The number of benzene rings is 1. The number of thiazole rings is 1. The van der Waals surface area contributed by atoms with Crippen molar-refractivity contribution in [1.82, 2.24) is 14.8 Å². The quantitative estimate of drug-likeness (QED) is 0.852. The second-order valence-electron chi connectivity index (χ2n) is 5.46. The third-order valence-corrected chi connectivity index (χ3v) is 4.92. The fourth-order valence-electron chi connectivity index (χ4n) is 2.63. The van der Waals surface area contributed by atoms with E-state index in [-0.39, 0.29) is 18.4 Å². The second-order valence-corrected chi connectivity index (χ2v) is 6.59. The number of amides is 2. The molecule has 1 aliphatic rings. The highest BCUT2D eigenvalue weighted by Gasteiger charge is 2.36. The molecule has 120 valence electrons. The monoisotopic (exact) mass is 349 g/mol. The molecule has 0 spiro atoms. The van der Waals surface area contributed by atoms with Gasteiger partial charge in [-0.3, -0.25) is 9.59 Å². The Morgan fingerprint density at radius 2 is 2.09 bits per heavy atom. The predicted molar refractivity (Wildman–Crippen MR) is 89.0 cm³/mol. The van der Waals surface area contributed by atoms with Gasteiger partial charge in [-0.25, -0.2) is 4.98 Å². The number of rotatable bonds is 4. The van der Waals surface area contributed by atoms with Crippen molar-refractivity contribution < 1.29 is 9.59 Å². The van der Waals surface area contributed by atoms with Crippen LogP contribution in [0.25, 0.3) is 0 Å². The normalized spacial score (nSPS) is 18.6. The lowest BCUT2D eigenvalue weighted by molar-refractivity contribution is -0.156. The first-order chi connectivity index (χ1) is 11.1. The van der Waals surface area contributed by atoms with Crippen molar-refractivity contribution in [3.8, 4) is 0 Å². The Hall–Kier alpha value is -1.92. The zero-order chi connectivity index (χ0) is 16.4. The van der Waals surface area contributed by atoms with Gasteiger partial charge in [-0.2, -0.15) is 0 Å². The molecule has 3 rings (SSSR count). The molecule has 1 saturated heterocycles. The fraction of sp³-hybridized carbons (Fsp3) is 0.312. The average Bonchev–Trinajstić information content (AvgIpc) is 3.04. The summed E-state index contributed by atoms with van der Waals surface area (Å²) in [6.45, 7) is 2.54. The lowest BCUT2D eigenvalue weighted by Gasteiger charge is -2.38. The Kier molecular flexibility index (Phi) is 4.63. The maximum atomic E-state index is 12.6. The smallest absolute Gasteiger partial charge is 0.245 e. The van der Waals surface area contributed by atoms with Crippen molar-refractivity contribution in [2.75, 3.05) is 6.54 Å². The van der Waals surface area contributed by atoms with E-state index in [2.05, 4.69) is 4.98 Å². The third kappa shape index (κ3) is 3.38. The third-order valence-electron chi connectivity index (χ3n) is 3.92. The van der Waals surface area contributed by atoms with Crippen molar-refractivity contribution in [1.29, 1.82) is 0 Å². The van der Waals surface area contributed by atoms with E-state index in [0.717, 1.165) is 11.3 Å². The van der Waals surface area contributed by atoms with Gasteiger partial charge < -0.3 is 9.80 Å². The van der Waals surface area contributed by atoms with Crippen molar-refractivity contribution in [3.05, 3.63) is 51.4 Å². The van der Waals surface area contributed by atoms with Crippen LogP contribution in [0.4, 0.5) is 0 Å². The van der Waals surface area contributed by atoms with Gasteiger partial charge in [0.25, 0.3) is 0 Å². The molecule has 2 aromatic rings. The summed E-state index contributed by atoms with van der Waals surface area (Å²) in [5, 5.41) is 2.49. The summed E-state index contributed by atoms with van der Waals surface area (Å²) in [5.41, 5.74) is 3.37. The number of nitrogens with zero attached hydrogens (tertiary/aromatic N) is 3.